The number of morpholine rings is 1. The van der Waals surface area contributed by atoms with Gasteiger partial charge in [-0.2, -0.15) is 0 Å². The average Bonchev–Trinajstić information content (AvgIpc) is 3.33. The number of carbonyl (C=O) groups excluding carboxylic acids is 2. The molecule has 6 heteroatoms. The van der Waals surface area contributed by atoms with Gasteiger partial charge in [0.1, 0.15) is 0 Å². The van der Waals surface area contributed by atoms with Gasteiger partial charge in [-0.3, -0.25) is 9.59 Å². The Morgan fingerprint density at radius 1 is 1.19 bits per heavy atom. The predicted octanol–water partition coefficient (Wildman–Crippen LogP) is -0.0217. The highest BCUT2D eigenvalue weighted by atomic mass is 16.5. The molecule has 0 radical (unpaired) electrons. The zero-order valence-corrected chi connectivity index (χ0v) is 12.6. The van der Waals surface area contributed by atoms with Crippen LogP contribution in [0.5, 0.6) is 0 Å². The molecular weight excluding hydrogens is 270 g/mol. The smallest absolute Gasteiger partial charge is 0.239 e. The molecule has 3 rings (SSSR count). The van der Waals surface area contributed by atoms with E-state index in [9.17, 15) is 9.59 Å². The first-order chi connectivity index (χ1) is 10.2. The van der Waals surface area contributed by atoms with Gasteiger partial charge in [-0.05, 0) is 25.7 Å². The molecule has 0 aromatic rings. The van der Waals surface area contributed by atoms with Crippen molar-refractivity contribution in [2.45, 2.75) is 44.2 Å². The van der Waals surface area contributed by atoms with Crippen LogP contribution < -0.4 is 5.32 Å². The fraction of sp³-hybridized carbons (Fsp3) is 0.867. The summed E-state index contributed by atoms with van der Waals surface area (Å²) in [5, 5.41) is 3.42. The minimum atomic E-state index is -0.0234. The summed E-state index contributed by atoms with van der Waals surface area (Å²) >= 11 is 0. The molecule has 1 N–H and O–H groups in total. The van der Waals surface area contributed by atoms with Crippen LogP contribution in [0.2, 0.25) is 0 Å². The Kier molecular flexibility index (Phi) is 4.75. The van der Waals surface area contributed by atoms with Gasteiger partial charge in [0.05, 0.1) is 19.3 Å². The van der Waals surface area contributed by atoms with E-state index in [0.29, 0.717) is 45.3 Å². The van der Waals surface area contributed by atoms with Crippen molar-refractivity contribution in [1.82, 2.24) is 15.1 Å². The normalized spacial score (nSPS) is 27.0. The molecule has 3 aliphatic rings. The van der Waals surface area contributed by atoms with Crippen LogP contribution in [0.4, 0.5) is 0 Å². The van der Waals surface area contributed by atoms with E-state index in [2.05, 4.69) is 5.32 Å². The number of nitrogens with zero attached hydrogens (tertiary/aromatic N) is 2. The summed E-state index contributed by atoms with van der Waals surface area (Å²) in [5.74, 6) is 0.325. The lowest BCUT2D eigenvalue weighted by molar-refractivity contribution is -0.139. The van der Waals surface area contributed by atoms with Gasteiger partial charge in [-0.15, -0.1) is 0 Å². The molecule has 1 saturated carbocycles. The van der Waals surface area contributed by atoms with E-state index in [4.69, 9.17) is 4.74 Å². The van der Waals surface area contributed by atoms with Gasteiger partial charge in [-0.25, -0.2) is 0 Å². The lowest BCUT2D eigenvalue weighted by Crippen LogP contribution is -2.52. The van der Waals surface area contributed by atoms with Gasteiger partial charge in [0, 0.05) is 38.6 Å². The summed E-state index contributed by atoms with van der Waals surface area (Å²) in [5.41, 5.74) is 0. The van der Waals surface area contributed by atoms with Gasteiger partial charge in [0.25, 0.3) is 0 Å². The van der Waals surface area contributed by atoms with Crippen molar-refractivity contribution in [3.05, 3.63) is 0 Å². The second-order valence-electron chi connectivity index (χ2n) is 6.20. The fourth-order valence-electron chi connectivity index (χ4n) is 3.05. The number of piperidine rings is 1. The average molecular weight is 295 g/mol. The van der Waals surface area contributed by atoms with E-state index in [1.54, 1.807) is 0 Å². The molecule has 1 atom stereocenters. The summed E-state index contributed by atoms with van der Waals surface area (Å²) in [6.07, 6.45) is 4.78. The number of amides is 2. The molecule has 0 aromatic heterocycles. The lowest BCUT2D eigenvalue weighted by atomic mass is 10.0. The largest absolute Gasteiger partial charge is 0.378 e. The van der Waals surface area contributed by atoms with Gasteiger partial charge >= 0.3 is 0 Å². The summed E-state index contributed by atoms with van der Waals surface area (Å²) < 4.78 is 5.25. The number of ether oxygens (including phenoxy) is 1. The molecular formula is C15H25N3O3. The maximum absolute atomic E-state index is 12.4. The highest BCUT2D eigenvalue weighted by molar-refractivity contribution is 5.83. The lowest BCUT2D eigenvalue weighted by Gasteiger charge is -2.33. The fourth-order valence-corrected chi connectivity index (χ4v) is 3.05. The molecule has 1 unspecified atom stereocenters. The molecule has 0 aromatic carbocycles. The van der Waals surface area contributed by atoms with Gasteiger partial charge in [0.2, 0.25) is 11.8 Å². The van der Waals surface area contributed by atoms with E-state index in [1.165, 1.54) is 12.8 Å². The highest BCUT2D eigenvalue weighted by Crippen LogP contribution is 2.22. The van der Waals surface area contributed by atoms with Gasteiger partial charge < -0.3 is 19.9 Å². The quantitative estimate of drug-likeness (QED) is 0.774. The summed E-state index contributed by atoms with van der Waals surface area (Å²) in [6.45, 7) is 3.96. The Morgan fingerprint density at radius 3 is 2.67 bits per heavy atom. The first-order valence-corrected chi connectivity index (χ1v) is 8.14. The van der Waals surface area contributed by atoms with Crippen LogP contribution >= 0.6 is 0 Å². The molecule has 1 aliphatic carbocycles. The Morgan fingerprint density at radius 2 is 1.95 bits per heavy atom. The Labute approximate surface area is 125 Å². The third-order valence-corrected chi connectivity index (χ3v) is 4.50. The van der Waals surface area contributed by atoms with Crippen LogP contribution in [0.3, 0.4) is 0 Å². The van der Waals surface area contributed by atoms with Crippen molar-refractivity contribution in [2.75, 3.05) is 39.4 Å². The van der Waals surface area contributed by atoms with Crippen LogP contribution in [-0.2, 0) is 14.3 Å². The molecule has 3 fully saturated rings. The van der Waals surface area contributed by atoms with E-state index < -0.39 is 0 Å². The molecule has 6 nitrogen and oxygen atoms in total. The number of nitrogens with one attached hydrogen (secondary N) is 1. The van der Waals surface area contributed by atoms with Gasteiger partial charge in [0.15, 0.2) is 0 Å². The summed E-state index contributed by atoms with van der Waals surface area (Å²) in [7, 11) is 0. The van der Waals surface area contributed by atoms with Crippen LogP contribution in [0.25, 0.3) is 0 Å². The maximum atomic E-state index is 12.4. The van der Waals surface area contributed by atoms with Crippen LogP contribution in [0.15, 0.2) is 0 Å². The second-order valence-corrected chi connectivity index (χ2v) is 6.20. The first kappa shape index (κ1) is 14.8. The van der Waals surface area contributed by atoms with Crippen LogP contribution in [-0.4, -0.2) is 73.1 Å². The third kappa shape index (κ3) is 3.95. The maximum Gasteiger partial charge on any atom is 0.239 e. The van der Waals surface area contributed by atoms with Crippen molar-refractivity contribution in [3.63, 3.8) is 0 Å². The van der Waals surface area contributed by atoms with Crippen LogP contribution in [0.1, 0.15) is 32.1 Å². The van der Waals surface area contributed by atoms with Crippen molar-refractivity contribution < 1.29 is 14.3 Å². The van der Waals surface area contributed by atoms with Crippen molar-refractivity contribution in [2.24, 2.45) is 0 Å². The third-order valence-electron chi connectivity index (χ3n) is 4.50. The minimum absolute atomic E-state index is 0.0234. The number of hydrogen-bond acceptors (Lipinski definition) is 4. The molecule has 118 valence electrons. The number of carbonyl (C=O) groups is 2. The Balaban J connectivity index is 1.44. The molecule has 0 spiro atoms. The molecule has 0 bridgehead atoms. The zero-order valence-electron chi connectivity index (χ0n) is 12.6. The molecule has 2 heterocycles. The number of hydrogen-bond donors (Lipinski definition) is 1. The van der Waals surface area contributed by atoms with Crippen LogP contribution in [0, 0.1) is 0 Å². The summed E-state index contributed by atoms with van der Waals surface area (Å²) in [6, 6.07) is 0.527. The van der Waals surface area contributed by atoms with Crippen molar-refractivity contribution >= 4 is 11.8 Å². The van der Waals surface area contributed by atoms with E-state index in [0.717, 1.165) is 19.4 Å². The molecule has 2 aliphatic heterocycles. The number of rotatable bonds is 5. The van der Waals surface area contributed by atoms with Crippen molar-refractivity contribution in [1.29, 1.82) is 0 Å². The van der Waals surface area contributed by atoms with Gasteiger partial charge in [-0.1, -0.05) is 0 Å². The molecule has 21 heavy (non-hydrogen) atoms. The van der Waals surface area contributed by atoms with Crippen molar-refractivity contribution in [3.8, 4) is 0 Å². The second kappa shape index (κ2) is 6.75. The Bertz CT molecular complexity index is 392. The minimum Gasteiger partial charge on any atom is -0.378 e. The number of likely N-dealkylation sites (tertiary alicyclic amines) is 1. The SMILES string of the molecule is O=C(CCN1CCCC(NC2CC2)C1=O)N1CCOCC1. The van der Waals surface area contributed by atoms with E-state index in [1.807, 2.05) is 9.80 Å². The monoisotopic (exact) mass is 295 g/mol. The highest BCUT2D eigenvalue weighted by Gasteiger charge is 2.33. The summed E-state index contributed by atoms with van der Waals surface area (Å²) in [4.78, 5) is 28.2. The first-order valence-electron chi connectivity index (χ1n) is 8.14. The topological polar surface area (TPSA) is 61.9 Å². The zero-order chi connectivity index (χ0) is 14.7. The Hall–Kier alpha value is -1.14. The molecule has 2 saturated heterocycles. The van der Waals surface area contributed by atoms with E-state index >= 15 is 0 Å². The van der Waals surface area contributed by atoms with E-state index in [-0.39, 0.29) is 17.9 Å². The molecule has 2 amide bonds. The predicted molar refractivity (Wildman–Crippen MR) is 77.8 cm³/mol. The standard InChI is InChI=1S/C15H25N3O3/c19-14(17-8-10-21-11-9-17)5-7-18-6-1-2-13(15(18)20)16-12-3-4-12/h12-13,16H,1-11H2.